The number of esters is 1. The zero-order valence-corrected chi connectivity index (χ0v) is 22.4. The topological polar surface area (TPSA) is 170 Å². The van der Waals surface area contributed by atoms with E-state index in [1.54, 1.807) is 49.0 Å². The fourth-order valence-electron chi connectivity index (χ4n) is 3.50. The van der Waals surface area contributed by atoms with Crippen molar-refractivity contribution in [2.75, 3.05) is 18.7 Å². The Bertz CT molecular complexity index is 1300. The summed E-state index contributed by atoms with van der Waals surface area (Å²) in [6.07, 6.45) is 3.07. The highest BCUT2D eigenvalue weighted by molar-refractivity contribution is 7.59. The second kappa shape index (κ2) is 12.3. The highest BCUT2D eigenvalue weighted by Crippen LogP contribution is 2.40. The van der Waals surface area contributed by atoms with Crippen molar-refractivity contribution >= 4 is 30.4 Å². The van der Waals surface area contributed by atoms with Crippen LogP contribution in [0.2, 0.25) is 0 Å². The zero-order chi connectivity index (χ0) is 27.1. The summed E-state index contributed by atoms with van der Waals surface area (Å²) in [6, 6.07) is 8.99. The van der Waals surface area contributed by atoms with E-state index in [4.69, 9.17) is 20.5 Å². The van der Waals surface area contributed by atoms with Crippen LogP contribution in [0.1, 0.15) is 45.2 Å². The van der Waals surface area contributed by atoms with Crippen LogP contribution in [0, 0.1) is 11.3 Å². The van der Waals surface area contributed by atoms with Crippen LogP contribution in [-0.4, -0.2) is 50.1 Å². The summed E-state index contributed by atoms with van der Waals surface area (Å²) in [5, 5.41) is 15.0. The standard InChI is InChI=1S/C24H33N8O4P/c1-5-10-35-23(33)24(3,4)31-37(34,30-12-19-8-6-18(11-25)7-9-19)16-36-17(2)13-32-15-29-20-21(26)27-14-28-22(20)32/h6-9,14-15,17H,5,10,12-13,16H2,1-4H3,(H2,26,27,28)(H2,30,31,34)/t17-,37-/m1/s1. The molecule has 0 spiro atoms. The van der Waals surface area contributed by atoms with E-state index in [1.165, 1.54) is 6.33 Å². The van der Waals surface area contributed by atoms with Crippen molar-refractivity contribution in [1.29, 1.82) is 5.26 Å². The molecule has 0 bridgehead atoms. The van der Waals surface area contributed by atoms with E-state index in [0.717, 1.165) is 5.56 Å². The number of anilines is 1. The first kappa shape index (κ1) is 28.2. The number of ether oxygens (including phenoxy) is 2. The largest absolute Gasteiger partial charge is 0.464 e. The van der Waals surface area contributed by atoms with Crippen LogP contribution in [-0.2, 0) is 31.9 Å². The first-order valence-electron chi connectivity index (χ1n) is 11.9. The molecule has 1 aromatic carbocycles. The Morgan fingerprint density at radius 1 is 1.27 bits per heavy atom. The van der Waals surface area contributed by atoms with Gasteiger partial charge in [-0.1, -0.05) is 19.1 Å². The van der Waals surface area contributed by atoms with Crippen LogP contribution >= 0.6 is 7.44 Å². The molecule has 3 rings (SSSR count). The molecular weight excluding hydrogens is 495 g/mol. The van der Waals surface area contributed by atoms with Gasteiger partial charge in [0.1, 0.15) is 23.7 Å². The van der Waals surface area contributed by atoms with Gasteiger partial charge in [0, 0.05) is 6.54 Å². The molecule has 2 heterocycles. The lowest BCUT2D eigenvalue weighted by Crippen LogP contribution is -2.48. The Morgan fingerprint density at radius 2 is 2.00 bits per heavy atom. The number of carbonyl (C=O) groups excluding carboxylic acids is 1. The van der Waals surface area contributed by atoms with Crippen molar-refractivity contribution < 1.29 is 18.8 Å². The highest BCUT2D eigenvalue weighted by Gasteiger charge is 2.37. The molecule has 0 amide bonds. The normalized spacial score (nSPS) is 14.1. The highest BCUT2D eigenvalue weighted by atomic mass is 31.2. The summed E-state index contributed by atoms with van der Waals surface area (Å²) in [5.74, 6) is -0.222. The zero-order valence-electron chi connectivity index (χ0n) is 21.5. The number of aromatic nitrogens is 4. The Balaban J connectivity index is 1.72. The van der Waals surface area contributed by atoms with Gasteiger partial charge in [0.05, 0.1) is 37.2 Å². The van der Waals surface area contributed by atoms with Crippen molar-refractivity contribution in [3.8, 4) is 6.07 Å². The number of nitrogens with one attached hydrogen (secondary N) is 2. The summed E-state index contributed by atoms with van der Waals surface area (Å²) < 4.78 is 27.1. The number of imidazole rings is 1. The molecule has 13 heteroatoms. The number of nitrogen functional groups attached to an aromatic ring is 1. The van der Waals surface area contributed by atoms with Gasteiger partial charge in [0.15, 0.2) is 11.5 Å². The van der Waals surface area contributed by atoms with E-state index in [1.807, 2.05) is 13.8 Å². The van der Waals surface area contributed by atoms with E-state index in [9.17, 15) is 9.36 Å². The summed E-state index contributed by atoms with van der Waals surface area (Å²) in [6.45, 7) is 7.85. The number of nitriles is 1. The number of benzene rings is 1. The van der Waals surface area contributed by atoms with Crippen molar-refractivity contribution in [2.45, 2.75) is 58.8 Å². The molecule has 0 aliphatic heterocycles. The molecule has 0 unspecified atom stereocenters. The molecule has 0 aliphatic rings. The molecule has 2 atom stereocenters. The Labute approximate surface area is 216 Å². The van der Waals surface area contributed by atoms with Crippen LogP contribution in [0.25, 0.3) is 11.2 Å². The Kier molecular flexibility index (Phi) is 9.34. The maximum absolute atomic E-state index is 14.0. The van der Waals surface area contributed by atoms with Crippen molar-refractivity contribution in [1.82, 2.24) is 29.7 Å². The molecule has 0 fully saturated rings. The van der Waals surface area contributed by atoms with Gasteiger partial charge < -0.3 is 19.8 Å². The summed E-state index contributed by atoms with van der Waals surface area (Å²) >= 11 is 0. The van der Waals surface area contributed by atoms with E-state index >= 15 is 0 Å². The first-order valence-corrected chi connectivity index (χ1v) is 13.8. The number of nitrogens with zero attached hydrogens (tertiary/aromatic N) is 5. The minimum absolute atomic E-state index is 0.196. The van der Waals surface area contributed by atoms with Gasteiger partial charge in [-0.05, 0) is 44.9 Å². The van der Waals surface area contributed by atoms with Crippen LogP contribution < -0.4 is 15.9 Å². The summed E-state index contributed by atoms with van der Waals surface area (Å²) in [5.41, 5.74) is 7.05. The van der Waals surface area contributed by atoms with E-state index in [2.05, 4.69) is 31.2 Å². The van der Waals surface area contributed by atoms with Gasteiger partial charge in [-0.2, -0.15) is 5.26 Å². The maximum atomic E-state index is 14.0. The number of hydrogen-bond donors (Lipinski definition) is 3. The van der Waals surface area contributed by atoms with Crippen molar-refractivity contribution in [2.24, 2.45) is 0 Å². The Morgan fingerprint density at radius 3 is 2.68 bits per heavy atom. The predicted octanol–water partition coefficient (Wildman–Crippen LogP) is 2.95. The second-order valence-corrected chi connectivity index (χ2v) is 11.5. The molecule has 0 aliphatic carbocycles. The fraction of sp³-hybridized carbons (Fsp3) is 0.458. The number of fused-ring (bicyclic) bond motifs is 1. The number of carbonyl (C=O) groups is 1. The van der Waals surface area contributed by atoms with Crippen LogP contribution in [0.3, 0.4) is 0 Å². The molecule has 0 radical (unpaired) electrons. The third-order valence-corrected chi connectivity index (χ3v) is 7.56. The minimum atomic E-state index is -3.47. The van der Waals surface area contributed by atoms with Gasteiger partial charge in [0.25, 0.3) is 0 Å². The molecule has 0 saturated heterocycles. The lowest BCUT2D eigenvalue weighted by Gasteiger charge is -2.31. The lowest BCUT2D eigenvalue weighted by molar-refractivity contribution is -0.149. The van der Waals surface area contributed by atoms with E-state index in [0.29, 0.717) is 29.7 Å². The smallest absolute Gasteiger partial charge is 0.326 e. The lowest BCUT2D eigenvalue weighted by atomic mass is 10.1. The number of nitrogens with two attached hydrogens (primary N) is 1. The average molecular weight is 529 g/mol. The van der Waals surface area contributed by atoms with Crippen LogP contribution in [0.4, 0.5) is 5.82 Å². The molecule has 0 saturated carbocycles. The van der Waals surface area contributed by atoms with Gasteiger partial charge in [-0.15, -0.1) is 0 Å². The number of rotatable bonds is 13. The van der Waals surface area contributed by atoms with Crippen LogP contribution in [0.15, 0.2) is 36.9 Å². The summed E-state index contributed by atoms with van der Waals surface area (Å²) in [4.78, 5) is 25.0. The van der Waals surface area contributed by atoms with Crippen molar-refractivity contribution in [3.05, 3.63) is 48.0 Å². The minimum Gasteiger partial charge on any atom is -0.464 e. The van der Waals surface area contributed by atoms with Gasteiger partial charge >= 0.3 is 5.97 Å². The molecule has 37 heavy (non-hydrogen) atoms. The van der Waals surface area contributed by atoms with Gasteiger partial charge in [-0.25, -0.2) is 25.1 Å². The van der Waals surface area contributed by atoms with Crippen molar-refractivity contribution in [3.63, 3.8) is 0 Å². The molecule has 4 N–H and O–H groups in total. The third-order valence-electron chi connectivity index (χ3n) is 5.45. The first-order chi connectivity index (χ1) is 17.6. The van der Waals surface area contributed by atoms with E-state index < -0.39 is 19.0 Å². The van der Waals surface area contributed by atoms with Gasteiger partial charge in [-0.3, -0.25) is 9.36 Å². The van der Waals surface area contributed by atoms with Crippen LogP contribution in [0.5, 0.6) is 0 Å². The molecule has 3 aromatic rings. The maximum Gasteiger partial charge on any atom is 0.326 e. The van der Waals surface area contributed by atoms with Gasteiger partial charge in [0.2, 0.25) is 7.44 Å². The van der Waals surface area contributed by atoms with E-state index in [-0.39, 0.29) is 31.4 Å². The third kappa shape index (κ3) is 7.57. The monoisotopic (exact) mass is 528 g/mol. The molecule has 198 valence electrons. The predicted molar refractivity (Wildman–Crippen MR) is 139 cm³/mol. The quantitative estimate of drug-likeness (QED) is 0.220. The molecule has 2 aromatic heterocycles. The summed E-state index contributed by atoms with van der Waals surface area (Å²) in [7, 11) is -3.47. The Hall–Kier alpha value is -3.36. The molecule has 12 nitrogen and oxygen atoms in total. The SMILES string of the molecule is CCCOC(=O)C(C)(C)N[P@@](=O)(CO[C@H](C)Cn1cnc2c(N)ncnc21)NCc1ccc(C#N)cc1. The average Bonchev–Trinajstić information content (AvgIpc) is 3.29. The number of hydrogen-bond acceptors (Lipinski definition) is 9. The molecular formula is C24H33N8O4P. The second-order valence-electron chi connectivity index (χ2n) is 9.19. The fourth-order valence-corrected chi connectivity index (χ4v) is 5.63.